The first-order valence-electron chi connectivity index (χ1n) is 3.86. The molecule has 0 aromatic carbocycles. The van der Waals surface area contributed by atoms with Crippen LogP contribution in [0.3, 0.4) is 0 Å². The Morgan fingerprint density at radius 3 is 1.85 bits per heavy atom. The van der Waals surface area contributed by atoms with Gasteiger partial charge >= 0.3 is 9.28 Å². The van der Waals surface area contributed by atoms with E-state index in [-0.39, 0.29) is 6.42 Å². The van der Waals surface area contributed by atoms with Crippen molar-refractivity contribution in [3.05, 3.63) is 0 Å². The predicted octanol–water partition coefficient (Wildman–Crippen LogP) is 0.0954. The predicted molar refractivity (Wildman–Crippen MR) is 51.4 cm³/mol. The van der Waals surface area contributed by atoms with Crippen molar-refractivity contribution in [1.82, 2.24) is 0 Å². The Bertz CT molecular complexity index is 248. The molecule has 0 amide bonds. The second-order valence-electron chi connectivity index (χ2n) is 2.94. The molecule has 0 aliphatic carbocycles. The molecule has 7 heteroatoms. The molecule has 0 bridgehead atoms. The van der Waals surface area contributed by atoms with Crippen LogP contribution in [-0.2, 0) is 19.0 Å². The third-order valence-corrected chi connectivity index (χ3v) is 7.42. The highest BCUT2D eigenvalue weighted by atomic mass is 32.2. The first-order chi connectivity index (χ1) is 5.83. The van der Waals surface area contributed by atoms with Gasteiger partial charge in [-0.05, 0) is 13.3 Å². The second-order valence-corrected chi connectivity index (χ2v) is 8.13. The summed E-state index contributed by atoms with van der Waals surface area (Å²) in [6, 6.07) is 0. The molecule has 0 radical (unpaired) electrons. The van der Waals surface area contributed by atoms with E-state index >= 15 is 0 Å². The summed E-state index contributed by atoms with van der Waals surface area (Å²) < 4.78 is 39.8. The third kappa shape index (κ3) is 2.50. The lowest BCUT2D eigenvalue weighted by molar-refractivity contribution is 0.256. The van der Waals surface area contributed by atoms with Crippen LogP contribution in [0, 0.1) is 0 Å². The van der Waals surface area contributed by atoms with E-state index in [1.54, 1.807) is 6.92 Å². The minimum Gasteiger partial charge on any atom is -0.399 e. The van der Waals surface area contributed by atoms with Gasteiger partial charge in [-0.15, -0.1) is 0 Å². The Balaban J connectivity index is 5.04. The van der Waals surface area contributed by atoms with Crippen LogP contribution >= 0.6 is 0 Å². The molecule has 0 aromatic rings. The molecule has 5 nitrogen and oxygen atoms in total. The minimum atomic E-state index is -4.13. The summed E-state index contributed by atoms with van der Waals surface area (Å²) in [6.45, 7) is 3.11. The molecule has 13 heavy (non-hydrogen) atoms. The zero-order valence-electron chi connectivity index (χ0n) is 8.27. The SMILES string of the molecule is CCC(C)([SiH](OC)OC)S(=O)(=O)O. The third-order valence-electron chi connectivity index (χ3n) is 2.22. The fourth-order valence-electron chi connectivity index (χ4n) is 1.07. The monoisotopic (exact) mass is 228 g/mol. The largest absolute Gasteiger partial charge is 0.399 e. The second kappa shape index (κ2) is 4.51. The lowest BCUT2D eigenvalue weighted by atomic mass is 10.4. The van der Waals surface area contributed by atoms with Gasteiger partial charge in [0.1, 0.15) is 4.37 Å². The molecule has 0 rings (SSSR count). The number of rotatable bonds is 5. The first kappa shape index (κ1) is 13.0. The van der Waals surface area contributed by atoms with Crippen molar-refractivity contribution < 1.29 is 21.8 Å². The van der Waals surface area contributed by atoms with Gasteiger partial charge in [0.2, 0.25) is 0 Å². The van der Waals surface area contributed by atoms with E-state index in [0.29, 0.717) is 0 Å². The Kier molecular flexibility index (Phi) is 4.53. The van der Waals surface area contributed by atoms with E-state index in [1.165, 1.54) is 21.1 Å². The Morgan fingerprint density at radius 2 is 1.77 bits per heavy atom. The molecular weight excluding hydrogens is 212 g/mol. The fraction of sp³-hybridized carbons (Fsp3) is 1.00. The maximum absolute atomic E-state index is 11.1. The molecule has 0 aliphatic heterocycles. The fourth-order valence-corrected chi connectivity index (χ4v) is 4.50. The molecule has 0 saturated heterocycles. The van der Waals surface area contributed by atoms with Crippen molar-refractivity contribution in [2.75, 3.05) is 14.2 Å². The quantitative estimate of drug-likeness (QED) is 0.533. The van der Waals surface area contributed by atoms with E-state index < -0.39 is 23.8 Å². The van der Waals surface area contributed by atoms with Crippen LogP contribution in [0.25, 0.3) is 0 Å². The van der Waals surface area contributed by atoms with Crippen LogP contribution in [0.15, 0.2) is 0 Å². The van der Waals surface area contributed by atoms with E-state index in [4.69, 9.17) is 13.4 Å². The molecule has 0 spiro atoms. The van der Waals surface area contributed by atoms with Crippen LogP contribution in [-0.4, -0.2) is 40.8 Å². The summed E-state index contributed by atoms with van der Waals surface area (Å²) in [5, 5.41) is 0. The standard InChI is InChI=1S/C6H16O5SSi/c1-5-6(2,12(7,8)9)13(10-3)11-4/h13H,5H2,1-4H3,(H,7,8,9). The maximum Gasteiger partial charge on any atom is 0.345 e. The van der Waals surface area contributed by atoms with Crippen molar-refractivity contribution in [1.29, 1.82) is 0 Å². The molecule has 0 aliphatic rings. The molecule has 1 N–H and O–H groups in total. The number of hydrogen-bond donors (Lipinski definition) is 1. The topological polar surface area (TPSA) is 72.8 Å². The van der Waals surface area contributed by atoms with Gasteiger partial charge in [0.15, 0.2) is 0 Å². The lowest BCUT2D eigenvalue weighted by Crippen LogP contribution is -2.51. The van der Waals surface area contributed by atoms with Gasteiger partial charge in [0, 0.05) is 14.2 Å². The van der Waals surface area contributed by atoms with Gasteiger partial charge in [-0.25, -0.2) is 0 Å². The van der Waals surface area contributed by atoms with E-state index in [1.807, 2.05) is 0 Å². The Hall–Kier alpha value is 0.0469. The molecule has 0 heterocycles. The summed E-state index contributed by atoms with van der Waals surface area (Å²) in [6.07, 6.45) is 0.268. The molecule has 0 aromatic heterocycles. The summed E-state index contributed by atoms with van der Waals surface area (Å²) >= 11 is 0. The molecule has 1 unspecified atom stereocenters. The van der Waals surface area contributed by atoms with Gasteiger partial charge in [0.25, 0.3) is 10.1 Å². The zero-order valence-corrected chi connectivity index (χ0v) is 10.2. The van der Waals surface area contributed by atoms with Gasteiger partial charge in [0.05, 0.1) is 0 Å². The van der Waals surface area contributed by atoms with Crippen LogP contribution in [0.1, 0.15) is 20.3 Å². The summed E-state index contributed by atoms with van der Waals surface area (Å²) in [5.74, 6) is 0. The molecular formula is C6H16O5SSi. The average molecular weight is 228 g/mol. The molecule has 0 saturated carbocycles. The van der Waals surface area contributed by atoms with E-state index in [0.717, 1.165) is 0 Å². The Labute approximate surface area is 80.6 Å². The first-order valence-corrected chi connectivity index (χ1v) is 6.82. The van der Waals surface area contributed by atoms with Gasteiger partial charge < -0.3 is 8.85 Å². The van der Waals surface area contributed by atoms with Crippen LogP contribution in [0.5, 0.6) is 0 Å². The zero-order chi connectivity index (χ0) is 10.7. The average Bonchev–Trinajstić information content (AvgIpc) is 2.04. The van der Waals surface area contributed by atoms with Crippen molar-refractivity contribution in [3.8, 4) is 0 Å². The maximum atomic E-state index is 11.1. The van der Waals surface area contributed by atoms with Crippen LogP contribution < -0.4 is 0 Å². The highest BCUT2D eigenvalue weighted by Gasteiger charge is 2.47. The Morgan fingerprint density at radius 1 is 1.38 bits per heavy atom. The normalized spacial score (nSPS) is 17.4. The van der Waals surface area contributed by atoms with E-state index in [2.05, 4.69) is 0 Å². The molecule has 1 atom stereocenters. The van der Waals surface area contributed by atoms with Crippen LogP contribution in [0.2, 0.25) is 0 Å². The van der Waals surface area contributed by atoms with Gasteiger partial charge in [-0.3, -0.25) is 4.55 Å². The minimum absolute atomic E-state index is 0.268. The van der Waals surface area contributed by atoms with Gasteiger partial charge in [-0.1, -0.05) is 6.92 Å². The highest BCUT2D eigenvalue weighted by Crippen LogP contribution is 2.24. The smallest absolute Gasteiger partial charge is 0.345 e. The van der Waals surface area contributed by atoms with Gasteiger partial charge in [-0.2, -0.15) is 8.42 Å². The highest BCUT2D eigenvalue weighted by molar-refractivity contribution is 7.88. The van der Waals surface area contributed by atoms with Crippen molar-refractivity contribution >= 4 is 19.4 Å². The molecule has 80 valence electrons. The van der Waals surface area contributed by atoms with Crippen molar-refractivity contribution in [3.63, 3.8) is 0 Å². The van der Waals surface area contributed by atoms with Crippen LogP contribution in [0.4, 0.5) is 0 Å². The van der Waals surface area contributed by atoms with E-state index in [9.17, 15) is 8.42 Å². The van der Waals surface area contributed by atoms with Crippen molar-refractivity contribution in [2.24, 2.45) is 0 Å². The lowest BCUT2D eigenvalue weighted by Gasteiger charge is -2.29. The van der Waals surface area contributed by atoms with Crippen molar-refractivity contribution in [2.45, 2.75) is 24.6 Å². The summed E-state index contributed by atoms with van der Waals surface area (Å²) in [7, 11) is -3.73. The summed E-state index contributed by atoms with van der Waals surface area (Å²) in [4.78, 5) is 0. The molecule has 0 fully saturated rings. The number of hydrogen-bond acceptors (Lipinski definition) is 4. The summed E-state index contributed by atoms with van der Waals surface area (Å²) in [5.41, 5.74) is 0.